The molecule has 1 unspecified atom stereocenters. The Labute approximate surface area is 148 Å². The number of nitrogens with zero attached hydrogens (tertiary/aromatic N) is 2. The van der Waals surface area contributed by atoms with Crippen LogP contribution in [0.25, 0.3) is 0 Å². The monoisotopic (exact) mass is 343 g/mol. The molecule has 1 atom stereocenters. The van der Waals surface area contributed by atoms with Crippen LogP contribution in [-0.4, -0.2) is 61.6 Å². The van der Waals surface area contributed by atoms with Crippen LogP contribution in [0, 0.1) is 0 Å². The second kappa shape index (κ2) is 7.14. The lowest BCUT2D eigenvalue weighted by atomic mass is 10.1. The van der Waals surface area contributed by atoms with E-state index in [1.165, 1.54) is 12.8 Å². The number of morpholine rings is 1. The Morgan fingerprint density at radius 3 is 2.92 bits per heavy atom. The minimum absolute atomic E-state index is 0.0571. The van der Waals surface area contributed by atoms with Crippen molar-refractivity contribution in [2.24, 2.45) is 0 Å². The maximum absolute atomic E-state index is 12.5. The van der Waals surface area contributed by atoms with Gasteiger partial charge in [0.05, 0.1) is 12.7 Å². The van der Waals surface area contributed by atoms with Crippen LogP contribution in [0.3, 0.4) is 0 Å². The van der Waals surface area contributed by atoms with Crippen LogP contribution in [0.1, 0.15) is 36.0 Å². The molecule has 3 fully saturated rings. The molecule has 6 nitrogen and oxygen atoms in total. The van der Waals surface area contributed by atoms with Crippen molar-refractivity contribution >= 4 is 17.5 Å². The predicted octanol–water partition coefficient (Wildman–Crippen LogP) is 1.41. The molecular weight excluding hydrogens is 318 g/mol. The zero-order chi connectivity index (χ0) is 17.2. The first-order valence-corrected chi connectivity index (χ1v) is 9.25. The molecule has 1 aliphatic carbocycles. The molecule has 6 heteroatoms. The number of carbonyl (C=O) groups is 2. The Hall–Kier alpha value is -1.92. The summed E-state index contributed by atoms with van der Waals surface area (Å²) in [6, 6.07) is 8.05. The first-order valence-electron chi connectivity index (χ1n) is 9.25. The zero-order valence-electron chi connectivity index (χ0n) is 14.4. The summed E-state index contributed by atoms with van der Waals surface area (Å²) >= 11 is 0. The first-order chi connectivity index (χ1) is 12.2. The van der Waals surface area contributed by atoms with E-state index in [-0.39, 0.29) is 17.9 Å². The quantitative estimate of drug-likeness (QED) is 0.878. The highest BCUT2D eigenvalue weighted by Crippen LogP contribution is 2.28. The summed E-state index contributed by atoms with van der Waals surface area (Å²) in [6.45, 7) is 3.89. The van der Waals surface area contributed by atoms with Gasteiger partial charge in [-0.05, 0) is 37.5 Å². The minimum Gasteiger partial charge on any atom is -0.374 e. The topological polar surface area (TPSA) is 61.9 Å². The van der Waals surface area contributed by atoms with Gasteiger partial charge in [-0.15, -0.1) is 0 Å². The lowest BCUT2D eigenvalue weighted by Gasteiger charge is -2.33. The lowest BCUT2D eigenvalue weighted by molar-refractivity contribution is -0.117. The number of rotatable bonds is 5. The number of amides is 2. The van der Waals surface area contributed by atoms with Crippen molar-refractivity contribution in [2.75, 3.05) is 37.7 Å². The Kier molecular flexibility index (Phi) is 4.72. The Morgan fingerprint density at radius 1 is 1.28 bits per heavy atom. The van der Waals surface area contributed by atoms with Crippen LogP contribution in [0.4, 0.5) is 5.69 Å². The third-order valence-corrected chi connectivity index (χ3v) is 5.22. The molecule has 0 bridgehead atoms. The van der Waals surface area contributed by atoms with Crippen molar-refractivity contribution in [3.05, 3.63) is 29.8 Å². The number of nitrogens with one attached hydrogen (secondary N) is 1. The minimum atomic E-state index is -0.111. The highest BCUT2D eigenvalue weighted by Gasteiger charge is 2.33. The van der Waals surface area contributed by atoms with Crippen LogP contribution in [-0.2, 0) is 9.53 Å². The van der Waals surface area contributed by atoms with Crippen LogP contribution in [0.5, 0.6) is 0 Å². The third-order valence-electron chi connectivity index (χ3n) is 5.22. The summed E-state index contributed by atoms with van der Waals surface area (Å²) in [5.41, 5.74) is 1.40. The molecule has 4 rings (SSSR count). The van der Waals surface area contributed by atoms with Gasteiger partial charge < -0.3 is 15.0 Å². The lowest BCUT2D eigenvalue weighted by Crippen LogP contribution is -2.48. The number of anilines is 1. The number of hydrogen-bond donors (Lipinski definition) is 1. The molecule has 1 N–H and O–H groups in total. The molecule has 2 heterocycles. The molecule has 2 amide bonds. The number of benzene rings is 1. The fourth-order valence-corrected chi connectivity index (χ4v) is 3.68. The van der Waals surface area contributed by atoms with Gasteiger partial charge in [0.2, 0.25) is 5.91 Å². The third kappa shape index (κ3) is 3.85. The summed E-state index contributed by atoms with van der Waals surface area (Å²) in [5.74, 6) is 0.0222. The second-order valence-corrected chi connectivity index (χ2v) is 7.13. The van der Waals surface area contributed by atoms with E-state index in [1.54, 1.807) is 17.0 Å². The van der Waals surface area contributed by atoms with E-state index in [1.807, 2.05) is 12.1 Å². The number of carbonyl (C=O) groups excluding carboxylic acids is 2. The normalized spacial score (nSPS) is 24.6. The molecule has 25 heavy (non-hydrogen) atoms. The van der Waals surface area contributed by atoms with Gasteiger partial charge in [0.25, 0.3) is 5.91 Å². The van der Waals surface area contributed by atoms with E-state index in [4.69, 9.17) is 4.74 Å². The number of hydrogen-bond acceptors (Lipinski definition) is 4. The molecule has 0 spiro atoms. The van der Waals surface area contributed by atoms with Crippen molar-refractivity contribution in [1.29, 1.82) is 0 Å². The van der Waals surface area contributed by atoms with Crippen LogP contribution >= 0.6 is 0 Å². The van der Waals surface area contributed by atoms with Gasteiger partial charge in [-0.1, -0.05) is 6.07 Å². The van der Waals surface area contributed by atoms with E-state index in [0.29, 0.717) is 18.5 Å². The van der Waals surface area contributed by atoms with Gasteiger partial charge in [-0.3, -0.25) is 14.5 Å². The van der Waals surface area contributed by atoms with Crippen molar-refractivity contribution in [2.45, 2.75) is 37.8 Å². The van der Waals surface area contributed by atoms with Gasteiger partial charge in [-0.2, -0.15) is 0 Å². The van der Waals surface area contributed by atoms with Gasteiger partial charge in [0, 0.05) is 49.9 Å². The van der Waals surface area contributed by atoms with Crippen molar-refractivity contribution in [3.8, 4) is 0 Å². The average molecular weight is 343 g/mol. The predicted molar refractivity (Wildman–Crippen MR) is 94.7 cm³/mol. The Morgan fingerprint density at radius 2 is 2.16 bits per heavy atom. The van der Waals surface area contributed by atoms with E-state index in [2.05, 4.69) is 10.2 Å². The molecule has 1 aromatic carbocycles. The summed E-state index contributed by atoms with van der Waals surface area (Å²) in [7, 11) is 0. The molecule has 2 aliphatic heterocycles. The molecule has 0 aromatic heterocycles. The molecule has 2 saturated heterocycles. The number of ether oxygens (including phenoxy) is 1. The van der Waals surface area contributed by atoms with Crippen LogP contribution < -0.4 is 10.2 Å². The summed E-state index contributed by atoms with van der Waals surface area (Å²) < 4.78 is 5.78. The average Bonchev–Trinajstić information content (AvgIpc) is 3.41. The van der Waals surface area contributed by atoms with Gasteiger partial charge >= 0.3 is 0 Å². The summed E-state index contributed by atoms with van der Waals surface area (Å²) in [6.07, 6.45) is 4.11. The fraction of sp³-hybridized carbons (Fsp3) is 0.579. The maximum atomic E-state index is 12.5. The molecule has 1 saturated carbocycles. The van der Waals surface area contributed by atoms with Gasteiger partial charge in [-0.25, -0.2) is 0 Å². The van der Waals surface area contributed by atoms with E-state index in [0.717, 1.165) is 44.4 Å². The van der Waals surface area contributed by atoms with Crippen LogP contribution in [0.2, 0.25) is 0 Å². The van der Waals surface area contributed by atoms with Gasteiger partial charge in [0.15, 0.2) is 0 Å². The summed E-state index contributed by atoms with van der Waals surface area (Å²) in [4.78, 5) is 28.6. The molecule has 0 radical (unpaired) electrons. The van der Waals surface area contributed by atoms with Crippen molar-refractivity contribution < 1.29 is 14.3 Å². The van der Waals surface area contributed by atoms with E-state index < -0.39 is 0 Å². The SMILES string of the molecule is O=C(NCC1CN(C2CC2)CCO1)c1cccc(N2CCCC2=O)c1. The Balaban J connectivity index is 1.34. The largest absolute Gasteiger partial charge is 0.374 e. The smallest absolute Gasteiger partial charge is 0.251 e. The highest BCUT2D eigenvalue weighted by molar-refractivity contribution is 5.99. The van der Waals surface area contributed by atoms with Crippen LogP contribution in [0.15, 0.2) is 24.3 Å². The molecule has 1 aromatic rings. The molecule has 134 valence electrons. The first kappa shape index (κ1) is 16.5. The van der Waals surface area contributed by atoms with Crippen molar-refractivity contribution in [3.63, 3.8) is 0 Å². The standard InChI is InChI=1S/C19H25N3O3/c23-18-5-2-8-22(18)16-4-1-3-14(11-16)19(24)20-12-17-13-21(9-10-25-17)15-6-7-15/h1,3-4,11,15,17H,2,5-10,12-13H2,(H,20,24). The van der Waals surface area contributed by atoms with E-state index in [9.17, 15) is 9.59 Å². The zero-order valence-corrected chi connectivity index (χ0v) is 14.4. The second-order valence-electron chi connectivity index (χ2n) is 7.13. The Bertz CT molecular complexity index is 659. The molecular formula is C19H25N3O3. The van der Waals surface area contributed by atoms with Gasteiger partial charge in [0.1, 0.15) is 0 Å². The van der Waals surface area contributed by atoms with Crippen molar-refractivity contribution in [1.82, 2.24) is 10.2 Å². The molecule has 3 aliphatic rings. The fourth-order valence-electron chi connectivity index (χ4n) is 3.68. The highest BCUT2D eigenvalue weighted by atomic mass is 16.5. The maximum Gasteiger partial charge on any atom is 0.251 e. The van der Waals surface area contributed by atoms with E-state index >= 15 is 0 Å². The summed E-state index contributed by atoms with van der Waals surface area (Å²) in [5, 5.41) is 2.98.